The van der Waals surface area contributed by atoms with Gasteiger partial charge in [0, 0.05) is 25.5 Å². The SMILES string of the molecule is Cc1ccc(OCCN(C)C(=O)CCc2ncc(-c3ccccc3)o2)cc1. The molecule has 2 aromatic carbocycles. The minimum absolute atomic E-state index is 0.0435. The molecule has 0 aliphatic heterocycles. The van der Waals surface area contributed by atoms with Crippen molar-refractivity contribution < 1.29 is 13.9 Å². The van der Waals surface area contributed by atoms with Crippen LogP contribution in [-0.2, 0) is 11.2 Å². The van der Waals surface area contributed by atoms with Gasteiger partial charge in [-0.2, -0.15) is 0 Å². The molecule has 3 rings (SSSR count). The van der Waals surface area contributed by atoms with Gasteiger partial charge in [0.15, 0.2) is 11.7 Å². The van der Waals surface area contributed by atoms with Gasteiger partial charge in [0.05, 0.1) is 12.7 Å². The quantitative estimate of drug-likeness (QED) is 0.603. The van der Waals surface area contributed by atoms with Gasteiger partial charge in [-0.15, -0.1) is 0 Å². The van der Waals surface area contributed by atoms with Crippen LogP contribution >= 0.6 is 0 Å². The smallest absolute Gasteiger partial charge is 0.222 e. The van der Waals surface area contributed by atoms with Crippen molar-refractivity contribution in [3.8, 4) is 17.1 Å². The van der Waals surface area contributed by atoms with Gasteiger partial charge in [-0.3, -0.25) is 4.79 Å². The fourth-order valence-corrected chi connectivity index (χ4v) is 2.63. The van der Waals surface area contributed by atoms with Crippen molar-refractivity contribution in [1.82, 2.24) is 9.88 Å². The van der Waals surface area contributed by atoms with E-state index in [0.29, 0.717) is 31.9 Å². The summed E-state index contributed by atoms with van der Waals surface area (Å²) in [6.07, 6.45) is 2.54. The standard InChI is InChI=1S/C22H24N2O3/c1-17-8-10-19(11-9-17)26-15-14-24(2)22(25)13-12-21-23-16-20(27-21)18-6-4-3-5-7-18/h3-11,16H,12-15H2,1-2H3. The molecule has 0 bridgehead atoms. The number of likely N-dealkylation sites (N-methyl/N-ethyl adjacent to an activating group) is 1. The molecule has 0 fully saturated rings. The number of carbonyl (C=O) groups excluding carboxylic acids is 1. The summed E-state index contributed by atoms with van der Waals surface area (Å²) < 4.78 is 11.4. The number of carbonyl (C=O) groups is 1. The van der Waals surface area contributed by atoms with E-state index in [1.165, 1.54) is 5.56 Å². The molecule has 1 heterocycles. The minimum Gasteiger partial charge on any atom is -0.492 e. The Morgan fingerprint density at radius 1 is 1.11 bits per heavy atom. The second kappa shape index (κ2) is 9.03. The Balaban J connectivity index is 1.42. The molecule has 0 saturated carbocycles. The fourth-order valence-electron chi connectivity index (χ4n) is 2.63. The van der Waals surface area contributed by atoms with Gasteiger partial charge in [-0.1, -0.05) is 48.0 Å². The highest BCUT2D eigenvalue weighted by molar-refractivity contribution is 5.76. The summed E-state index contributed by atoms with van der Waals surface area (Å²) in [4.78, 5) is 18.2. The van der Waals surface area contributed by atoms with Crippen molar-refractivity contribution in [3.05, 3.63) is 72.2 Å². The lowest BCUT2D eigenvalue weighted by molar-refractivity contribution is -0.130. The third-order valence-corrected chi connectivity index (χ3v) is 4.31. The number of rotatable bonds is 8. The minimum atomic E-state index is 0.0435. The van der Waals surface area contributed by atoms with Crippen LogP contribution in [0.2, 0.25) is 0 Å². The Morgan fingerprint density at radius 3 is 2.59 bits per heavy atom. The zero-order chi connectivity index (χ0) is 19.1. The van der Waals surface area contributed by atoms with E-state index >= 15 is 0 Å². The van der Waals surface area contributed by atoms with Crippen LogP contribution in [0.5, 0.6) is 5.75 Å². The molecule has 0 unspecified atom stereocenters. The van der Waals surface area contributed by atoms with Crippen molar-refractivity contribution in [2.24, 2.45) is 0 Å². The molecule has 1 aromatic heterocycles. The Hall–Kier alpha value is -3.08. The first kappa shape index (κ1) is 18.7. The molecule has 0 aliphatic rings. The third kappa shape index (κ3) is 5.45. The van der Waals surface area contributed by atoms with Crippen LogP contribution < -0.4 is 4.74 Å². The number of hydrogen-bond acceptors (Lipinski definition) is 4. The lowest BCUT2D eigenvalue weighted by Gasteiger charge is -2.17. The fraction of sp³-hybridized carbons (Fsp3) is 0.273. The number of ether oxygens (including phenoxy) is 1. The normalized spacial score (nSPS) is 10.6. The first-order valence-corrected chi connectivity index (χ1v) is 9.05. The molecular formula is C22H24N2O3. The average Bonchev–Trinajstić information content (AvgIpc) is 3.17. The first-order chi connectivity index (χ1) is 13.1. The second-order valence-corrected chi connectivity index (χ2v) is 6.46. The highest BCUT2D eigenvalue weighted by Crippen LogP contribution is 2.20. The molecular weight excluding hydrogens is 340 g/mol. The van der Waals surface area contributed by atoms with Gasteiger partial charge < -0.3 is 14.1 Å². The molecule has 27 heavy (non-hydrogen) atoms. The van der Waals surface area contributed by atoms with Gasteiger partial charge in [-0.05, 0) is 19.1 Å². The Morgan fingerprint density at radius 2 is 1.85 bits per heavy atom. The number of amides is 1. The molecule has 140 valence electrons. The molecule has 0 radical (unpaired) electrons. The maximum Gasteiger partial charge on any atom is 0.222 e. The van der Waals surface area contributed by atoms with Crippen molar-refractivity contribution in [2.45, 2.75) is 19.8 Å². The molecule has 5 heteroatoms. The van der Waals surface area contributed by atoms with Crippen molar-refractivity contribution in [3.63, 3.8) is 0 Å². The molecule has 5 nitrogen and oxygen atoms in total. The topological polar surface area (TPSA) is 55.6 Å². The van der Waals surface area contributed by atoms with Gasteiger partial charge in [0.2, 0.25) is 5.91 Å². The average molecular weight is 364 g/mol. The second-order valence-electron chi connectivity index (χ2n) is 6.46. The number of aryl methyl sites for hydroxylation is 2. The zero-order valence-corrected chi connectivity index (χ0v) is 15.7. The Bertz CT molecular complexity index is 857. The van der Waals surface area contributed by atoms with Crippen LogP contribution in [0.25, 0.3) is 11.3 Å². The predicted molar refractivity (Wildman–Crippen MR) is 105 cm³/mol. The lowest BCUT2D eigenvalue weighted by atomic mass is 10.2. The molecule has 1 amide bonds. The maximum absolute atomic E-state index is 12.3. The van der Waals surface area contributed by atoms with E-state index in [1.54, 1.807) is 18.1 Å². The summed E-state index contributed by atoms with van der Waals surface area (Å²) in [5.41, 5.74) is 2.17. The van der Waals surface area contributed by atoms with Gasteiger partial charge in [0.25, 0.3) is 0 Å². The lowest BCUT2D eigenvalue weighted by Crippen LogP contribution is -2.31. The summed E-state index contributed by atoms with van der Waals surface area (Å²) >= 11 is 0. The van der Waals surface area contributed by atoms with Crippen LogP contribution in [0.3, 0.4) is 0 Å². The number of benzene rings is 2. The molecule has 0 atom stereocenters. The van der Waals surface area contributed by atoms with Crippen LogP contribution in [0, 0.1) is 6.92 Å². The van der Waals surface area contributed by atoms with Crippen molar-refractivity contribution in [2.75, 3.05) is 20.2 Å². The Labute approximate surface area is 159 Å². The first-order valence-electron chi connectivity index (χ1n) is 9.05. The number of oxazole rings is 1. The van der Waals surface area contributed by atoms with Crippen LogP contribution in [0.15, 0.2) is 65.2 Å². The maximum atomic E-state index is 12.3. The summed E-state index contributed by atoms with van der Waals surface area (Å²) in [7, 11) is 1.78. The van der Waals surface area contributed by atoms with E-state index in [4.69, 9.17) is 9.15 Å². The predicted octanol–water partition coefficient (Wildman–Crippen LogP) is 4.12. The molecule has 3 aromatic rings. The van der Waals surface area contributed by atoms with Gasteiger partial charge in [0.1, 0.15) is 12.4 Å². The van der Waals surface area contributed by atoms with E-state index in [2.05, 4.69) is 4.98 Å². The number of hydrogen-bond donors (Lipinski definition) is 0. The van der Waals surface area contributed by atoms with Crippen molar-refractivity contribution >= 4 is 5.91 Å². The molecule has 0 saturated heterocycles. The largest absolute Gasteiger partial charge is 0.492 e. The monoisotopic (exact) mass is 364 g/mol. The highest BCUT2D eigenvalue weighted by atomic mass is 16.5. The number of nitrogens with zero attached hydrogens (tertiary/aromatic N) is 2. The number of aromatic nitrogens is 1. The van der Waals surface area contributed by atoms with E-state index in [9.17, 15) is 4.79 Å². The molecule has 0 N–H and O–H groups in total. The van der Waals surface area contributed by atoms with Crippen LogP contribution in [0.4, 0.5) is 0 Å². The van der Waals surface area contributed by atoms with Crippen molar-refractivity contribution in [1.29, 1.82) is 0 Å². The molecule has 0 spiro atoms. The Kier molecular flexibility index (Phi) is 6.26. The van der Waals surface area contributed by atoms with E-state index in [1.807, 2.05) is 61.5 Å². The van der Waals surface area contributed by atoms with E-state index in [0.717, 1.165) is 17.1 Å². The zero-order valence-electron chi connectivity index (χ0n) is 15.7. The highest BCUT2D eigenvalue weighted by Gasteiger charge is 2.12. The van der Waals surface area contributed by atoms with E-state index < -0.39 is 0 Å². The third-order valence-electron chi connectivity index (χ3n) is 4.31. The van der Waals surface area contributed by atoms with Gasteiger partial charge >= 0.3 is 0 Å². The summed E-state index contributed by atoms with van der Waals surface area (Å²) in [6.45, 7) is 3.03. The summed E-state index contributed by atoms with van der Waals surface area (Å²) in [5.74, 6) is 2.15. The summed E-state index contributed by atoms with van der Waals surface area (Å²) in [6, 6.07) is 17.7. The van der Waals surface area contributed by atoms with E-state index in [-0.39, 0.29) is 5.91 Å². The molecule has 0 aliphatic carbocycles. The van der Waals surface area contributed by atoms with Crippen LogP contribution in [0.1, 0.15) is 17.9 Å². The van der Waals surface area contributed by atoms with Crippen LogP contribution in [-0.4, -0.2) is 36.0 Å². The van der Waals surface area contributed by atoms with Gasteiger partial charge in [-0.25, -0.2) is 4.98 Å². The summed E-state index contributed by atoms with van der Waals surface area (Å²) in [5, 5.41) is 0.